The van der Waals surface area contributed by atoms with E-state index in [1.165, 1.54) is 0 Å². The van der Waals surface area contributed by atoms with E-state index in [2.05, 4.69) is 27.6 Å². The molecule has 0 radical (unpaired) electrons. The van der Waals surface area contributed by atoms with Crippen LogP contribution in [0.4, 0.5) is 0 Å². The predicted molar refractivity (Wildman–Crippen MR) is 54.8 cm³/mol. The van der Waals surface area contributed by atoms with Crippen molar-refractivity contribution in [2.45, 2.75) is 11.9 Å². The summed E-state index contributed by atoms with van der Waals surface area (Å²) in [6.45, 7) is 1.89. The summed E-state index contributed by atoms with van der Waals surface area (Å²) >= 11 is 2.09. The van der Waals surface area contributed by atoms with Crippen molar-refractivity contribution in [3.8, 4) is 0 Å². The molecule has 0 bridgehead atoms. The lowest BCUT2D eigenvalue weighted by Crippen LogP contribution is -2.01. The maximum absolute atomic E-state index is 11.0. The summed E-state index contributed by atoms with van der Waals surface area (Å²) in [5.74, 6) is 0. The van der Waals surface area contributed by atoms with Crippen molar-refractivity contribution in [2.75, 3.05) is 6.26 Å². The zero-order valence-corrected chi connectivity index (χ0v) is 9.68. The summed E-state index contributed by atoms with van der Waals surface area (Å²) in [6, 6.07) is 1.57. The zero-order chi connectivity index (χ0) is 9.35. The Morgan fingerprint density at radius 2 is 2.08 bits per heavy atom. The lowest BCUT2D eigenvalue weighted by Gasteiger charge is -1.99. The highest BCUT2D eigenvalue weighted by atomic mass is 127. The molecular weight excluding hydrogens is 289 g/mol. The molecule has 1 rings (SSSR count). The number of nitrogens with zero attached hydrogens (tertiary/aromatic N) is 1. The Hall–Kier alpha value is -0.170. The van der Waals surface area contributed by atoms with E-state index in [4.69, 9.17) is 0 Å². The Labute approximate surface area is 85.3 Å². The van der Waals surface area contributed by atoms with Crippen LogP contribution in [0.25, 0.3) is 0 Å². The van der Waals surface area contributed by atoms with Crippen molar-refractivity contribution >= 4 is 32.4 Å². The van der Waals surface area contributed by atoms with E-state index in [9.17, 15) is 8.42 Å². The molecule has 0 saturated heterocycles. The molecular formula is C7H8INO2S. The molecule has 5 heteroatoms. The summed E-state index contributed by atoms with van der Waals surface area (Å²) in [5, 5.41) is 0.137. The first-order chi connectivity index (χ1) is 5.41. The smallest absolute Gasteiger partial charge is 0.192 e. The molecule has 0 saturated carbocycles. The first-order valence-corrected chi connectivity index (χ1v) is 6.20. The van der Waals surface area contributed by atoms with Crippen LogP contribution in [0.3, 0.4) is 0 Å². The van der Waals surface area contributed by atoms with Crippen LogP contribution < -0.4 is 0 Å². The van der Waals surface area contributed by atoms with Gasteiger partial charge in [0.15, 0.2) is 14.9 Å². The fraction of sp³-hybridized carbons (Fsp3) is 0.286. The summed E-state index contributed by atoms with van der Waals surface area (Å²) in [5.41, 5.74) is 0.989. The number of aromatic nitrogens is 1. The summed E-state index contributed by atoms with van der Waals surface area (Å²) in [4.78, 5) is 3.82. The number of rotatable bonds is 1. The molecule has 0 fully saturated rings. The van der Waals surface area contributed by atoms with Gasteiger partial charge in [0.05, 0.1) is 0 Å². The molecule has 66 valence electrons. The molecule has 1 aromatic rings. The average molecular weight is 297 g/mol. The molecule has 0 atom stereocenters. The maximum Gasteiger partial charge on any atom is 0.192 e. The molecule has 3 nitrogen and oxygen atoms in total. The lowest BCUT2D eigenvalue weighted by molar-refractivity contribution is 0.598. The van der Waals surface area contributed by atoms with Gasteiger partial charge in [0, 0.05) is 16.0 Å². The van der Waals surface area contributed by atoms with E-state index in [1.54, 1.807) is 12.3 Å². The van der Waals surface area contributed by atoms with Crippen molar-refractivity contribution in [3.63, 3.8) is 0 Å². The standard InChI is InChI=1S/C7H8INO2S/c1-5-4-9-7(3-6(5)8)12(2,10)11/h3-4H,1-2H3. The Morgan fingerprint density at radius 1 is 1.50 bits per heavy atom. The van der Waals surface area contributed by atoms with Gasteiger partial charge in [0.25, 0.3) is 0 Å². The first kappa shape index (κ1) is 9.91. The fourth-order valence-corrected chi connectivity index (χ4v) is 1.91. The maximum atomic E-state index is 11.0. The SMILES string of the molecule is Cc1cnc(S(C)(=O)=O)cc1I. The van der Waals surface area contributed by atoms with E-state index in [-0.39, 0.29) is 5.03 Å². The second-order valence-corrected chi connectivity index (χ2v) is 5.67. The van der Waals surface area contributed by atoms with Crippen molar-refractivity contribution in [1.29, 1.82) is 0 Å². The fourth-order valence-electron chi connectivity index (χ4n) is 0.684. The number of hydrogen-bond donors (Lipinski definition) is 0. The summed E-state index contributed by atoms with van der Waals surface area (Å²) in [7, 11) is -3.16. The number of pyridine rings is 1. The zero-order valence-electron chi connectivity index (χ0n) is 6.70. The van der Waals surface area contributed by atoms with Gasteiger partial charge in [-0.2, -0.15) is 0 Å². The highest BCUT2D eigenvalue weighted by molar-refractivity contribution is 14.1. The van der Waals surface area contributed by atoms with Gasteiger partial charge in [0.1, 0.15) is 0 Å². The van der Waals surface area contributed by atoms with Gasteiger partial charge in [0.2, 0.25) is 0 Å². The second-order valence-electron chi connectivity index (χ2n) is 2.54. The second kappa shape index (κ2) is 3.29. The molecule has 12 heavy (non-hydrogen) atoms. The first-order valence-electron chi connectivity index (χ1n) is 3.23. The highest BCUT2D eigenvalue weighted by Gasteiger charge is 2.09. The quantitative estimate of drug-likeness (QED) is 0.736. The Bertz CT molecular complexity index is 400. The summed E-state index contributed by atoms with van der Waals surface area (Å²) < 4.78 is 23.0. The van der Waals surface area contributed by atoms with Gasteiger partial charge in [-0.25, -0.2) is 13.4 Å². The van der Waals surface area contributed by atoms with Crippen LogP contribution in [0.5, 0.6) is 0 Å². The van der Waals surface area contributed by atoms with Crippen LogP contribution >= 0.6 is 22.6 Å². The topological polar surface area (TPSA) is 47.0 Å². The van der Waals surface area contributed by atoms with Crippen LogP contribution in [0.2, 0.25) is 0 Å². The Kier molecular flexibility index (Phi) is 2.72. The minimum Gasteiger partial charge on any atom is -0.244 e. The third-order valence-corrected chi connectivity index (χ3v) is 3.54. The van der Waals surface area contributed by atoms with Gasteiger partial charge >= 0.3 is 0 Å². The van der Waals surface area contributed by atoms with Crippen LogP contribution in [0.1, 0.15) is 5.56 Å². The van der Waals surface area contributed by atoms with Gasteiger partial charge in [-0.1, -0.05) is 0 Å². The number of sulfone groups is 1. The molecule has 0 unspecified atom stereocenters. The van der Waals surface area contributed by atoms with Crippen LogP contribution in [-0.4, -0.2) is 19.7 Å². The average Bonchev–Trinajstić information content (AvgIpc) is 1.92. The molecule has 0 amide bonds. The van der Waals surface area contributed by atoms with E-state index >= 15 is 0 Å². The van der Waals surface area contributed by atoms with Crippen LogP contribution in [-0.2, 0) is 9.84 Å². The van der Waals surface area contributed by atoms with E-state index in [0.717, 1.165) is 15.4 Å². The largest absolute Gasteiger partial charge is 0.244 e. The minimum atomic E-state index is -3.16. The van der Waals surface area contributed by atoms with Crippen molar-refractivity contribution in [2.24, 2.45) is 0 Å². The normalized spacial score (nSPS) is 11.6. The molecule has 0 N–H and O–H groups in total. The van der Waals surface area contributed by atoms with E-state index in [0.29, 0.717) is 0 Å². The monoisotopic (exact) mass is 297 g/mol. The minimum absolute atomic E-state index is 0.137. The third-order valence-electron chi connectivity index (χ3n) is 1.39. The van der Waals surface area contributed by atoms with Crippen molar-refractivity contribution < 1.29 is 8.42 Å². The molecule has 0 aliphatic carbocycles. The van der Waals surface area contributed by atoms with Crippen molar-refractivity contribution in [3.05, 3.63) is 21.4 Å². The van der Waals surface area contributed by atoms with E-state index in [1.807, 2.05) is 6.92 Å². The Morgan fingerprint density at radius 3 is 2.50 bits per heavy atom. The van der Waals surface area contributed by atoms with Gasteiger partial charge in [-0.05, 0) is 41.1 Å². The molecule has 0 aliphatic rings. The van der Waals surface area contributed by atoms with Gasteiger partial charge < -0.3 is 0 Å². The van der Waals surface area contributed by atoms with Crippen LogP contribution in [0, 0.1) is 10.5 Å². The Balaban J connectivity index is 3.33. The predicted octanol–water partition coefficient (Wildman–Crippen LogP) is 1.40. The van der Waals surface area contributed by atoms with Gasteiger partial charge in [-0.3, -0.25) is 0 Å². The third kappa shape index (κ3) is 2.16. The van der Waals surface area contributed by atoms with Crippen molar-refractivity contribution in [1.82, 2.24) is 4.98 Å². The van der Waals surface area contributed by atoms with Gasteiger partial charge in [-0.15, -0.1) is 0 Å². The lowest BCUT2D eigenvalue weighted by atomic mass is 10.3. The molecule has 0 aromatic carbocycles. The molecule has 1 aromatic heterocycles. The highest BCUT2D eigenvalue weighted by Crippen LogP contribution is 2.13. The number of hydrogen-bond acceptors (Lipinski definition) is 3. The van der Waals surface area contributed by atoms with E-state index < -0.39 is 9.84 Å². The molecule has 0 spiro atoms. The number of aryl methyl sites for hydroxylation is 1. The number of halogens is 1. The molecule has 0 aliphatic heterocycles. The summed E-state index contributed by atoms with van der Waals surface area (Å²) in [6.07, 6.45) is 2.72. The molecule has 1 heterocycles. The van der Waals surface area contributed by atoms with Crippen LogP contribution in [0.15, 0.2) is 17.3 Å².